The molecule has 128 valence electrons. The van der Waals surface area contributed by atoms with E-state index < -0.39 is 0 Å². The third kappa shape index (κ3) is 3.05. The predicted octanol–water partition coefficient (Wildman–Crippen LogP) is 2.20. The number of fused-ring (bicyclic) bond motifs is 1. The van der Waals surface area contributed by atoms with Gasteiger partial charge in [0.15, 0.2) is 0 Å². The van der Waals surface area contributed by atoms with Gasteiger partial charge in [0, 0.05) is 26.2 Å². The molecule has 1 N–H and O–H groups in total. The summed E-state index contributed by atoms with van der Waals surface area (Å²) >= 11 is 0. The molecule has 2 saturated heterocycles. The number of piperazine rings is 1. The minimum Gasteiger partial charge on any atom is -0.310 e. The molecule has 1 aromatic carbocycles. The molecule has 1 aromatic rings. The van der Waals surface area contributed by atoms with Gasteiger partial charge in [-0.05, 0) is 43.1 Å². The van der Waals surface area contributed by atoms with Gasteiger partial charge in [0.2, 0.25) is 0 Å². The van der Waals surface area contributed by atoms with E-state index in [0.717, 1.165) is 19.0 Å². The van der Waals surface area contributed by atoms with Crippen molar-refractivity contribution in [3.63, 3.8) is 0 Å². The lowest BCUT2D eigenvalue weighted by atomic mass is 9.78. The monoisotopic (exact) mass is 327 g/mol. The summed E-state index contributed by atoms with van der Waals surface area (Å²) in [7, 11) is 0. The van der Waals surface area contributed by atoms with Crippen LogP contribution in [0, 0.1) is 5.92 Å². The molecule has 4 rings (SSSR count). The topological polar surface area (TPSA) is 52.7 Å². The van der Waals surface area contributed by atoms with Crippen LogP contribution < -0.4 is 5.32 Å². The van der Waals surface area contributed by atoms with Crippen molar-refractivity contribution in [3.8, 4) is 0 Å². The zero-order valence-electron chi connectivity index (χ0n) is 14.0. The van der Waals surface area contributed by atoms with Crippen LogP contribution in [-0.4, -0.2) is 54.0 Å². The average Bonchev–Trinajstić information content (AvgIpc) is 2.90. The lowest BCUT2D eigenvalue weighted by Gasteiger charge is -2.38. The third-order valence-corrected chi connectivity index (χ3v) is 5.89. The summed E-state index contributed by atoms with van der Waals surface area (Å²) in [6.07, 6.45) is 5.04. The molecule has 1 unspecified atom stereocenters. The lowest BCUT2D eigenvalue weighted by molar-refractivity contribution is -0.122. The van der Waals surface area contributed by atoms with E-state index >= 15 is 0 Å². The highest BCUT2D eigenvalue weighted by Gasteiger charge is 2.42. The van der Waals surface area contributed by atoms with E-state index in [1.807, 2.05) is 0 Å². The van der Waals surface area contributed by atoms with E-state index in [1.54, 1.807) is 4.90 Å². The van der Waals surface area contributed by atoms with Gasteiger partial charge in [-0.15, -0.1) is 0 Å². The summed E-state index contributed by atoms with van der Waals surface area (Å²) in [5.41, 5.74) is 1.48. The van der Waals surface area contributed by atoms with E-state index in [0.29, 0.717) is 19.0 Å². The fraction of sp³-hybridized carbons (Fsp3) is 0.579. The zero-order chi connectivity index (χ0) is 16.5. The van der Waals surface area contributed by atoms with E-state index in [4.69, 9.17) is 0 Å². The van der Waals surface area contributed by atoms with Crippen molar-refractivity contribution in [1.82, 2.24) is 15.1 Å². The minimum atomic E-state index is -0.271. The molecule has 3 fully saturated rings. The molecule has 0 spiro atoms. The van der Waals surface area contributed by atoms with Crippen molar-refractivity contribution in [2.45, 2.75) is 37.6 Å². The maximum absolute atomic E-state index is 11.9. The molecule has 1 atom stereocenters. The second-order valence-corrected chi connectivity index (χ2v) is 7.39. The van der Waals surface area contributed by atoms with Gasteiger partial charge in [0.05, 0.1) is 0 Å². The first kappa shape index (κ1) is 15.6. The Hall–Kier alpha value is -1.88. The van der Waals surface area contributed by atoms with E-state index in [1.165, 1.54) is 31.2 Å². The highest BCUT2D eigenvalue weighted by molar-refractivity contribution is 6.04. The largest absolute Gasteiger partial charge is 0.324 e. The van der Waals surface area contributed by atoms with Crippen LogP contribution in [0.15, 0.2) is 30.3 Å². The predicted molar refractivity (Wildman–Crippen MR) is 91.6 cm³/mol. The normalized spacial score (nSPS) is 31.0. The molecular weight excluding hydrogens is 302 g/mol. The lowest BCUT2D eigenvalue weighted by Crippen LogP contribution is -2.54. The fourth-order valence-electron chi connectivity index (χ4n) is 4.50. The van der Waals surface area contributed by atoms with Crippen LogP contribution in [0.3, 0.4) is 0 Å². The van der Waals surface area contributed by atoms with Crippen LogP contribution in [-0.2, 0) is 4.79 Å². The van der Waals surface area contributed by atoms with E-state index in [9.17, 15) is 9.59 Å². The average molecular weight is 327 g/mol. The number of carbonyl (C=O) groups excluding carboxylic acids is 2. The number of amides is 3. The molecule has 5 nitrogen and oxygen atoms in total. The van der Waals surface area contributed by atoms with Crippen LogP contribution in [0.5, 0.6) is 0 Å². The number of imide groups is 1. The molecule has 3 amide bonds. The number of rotatable bonds is 3. The molecule has 24 heavy (non-hydrogen) atoms. The van der Waals surface area contributed by atoms with Crippen LogP contribution in [0.2, 0.25) is 0 Å². The Balaban J connectivity index is 1.29. The number of carbonyl (C=O) groups is 2. The summed E-state index contributed by atoms with van der Waals surface area (Å²) in [6.45, 7) is 3.31. The van der Waals surface area contributed by atoms with Crippen molar-refractivity contribution in [2.24, 2.45) is 5.92 Å². The first-order valence-corrected chi connectivity index (χ1v) is 9.09. The van der Waals surface area contributed by atoms with Crippen molar-refractivity contribution < 1.29 is 9.59 Å². The molecule has 0 radical (unpaired) electrons. The van der Waals surface area contributed by atoms with Crippen LogP contribution in [0.25, 0.3) is 0 Å². The maximum Gasteiger partial charge on any atom is 0.324 e. The highest BCUT2D eigenvalue weighted by Crippen LogP contribution is 2.36. The maximum atomic E-state index is 11.9. The van der Waals surface area contributed by atoms with Crippen molar-refractivity contribution in [2.75, 3.05) is 26.2 Å². The van der Waals surface area contributed by atoms with E-state index in [-0.39, 0.29) is 18.0 Å². The van der Waals surface area contributed by atoms with Crippen molar-refractivity contribution >= 4 is 11.9 Å². The molecule has 2 aliphatic heterocycles. The molecule has 0 aromatic heterocycles. The van der Waals surface area contributed by atoms with Gasteiger partial charge in [-0.1, -0.05) is 30.3 Å². The molecule has 0 bridgehead atoms. The molecule has 2 heterocycles. The molecule has 3 aliphatic rings. The fourth-order valence-corrected chi connectivity index (χ4v) is 4.50. The van der Waals surface area contributed by atoms with E-state index in [2.05, 4.69) is 40.5 Å². The highest BCUT2D eigenvalue weighted by atomic mass is 16.2. The summed E-state index contributed by atoms with van der Waals surface area (Å²) in [6, 6.07) is 10.4. The Morgan fingerprint density at radius 3 is 2.50 bits per heavy atom. The molecule has 1 aliphatic carbocycles. The summed E-state index contributed by atoms with van der Waals surface area (Å²) < 4.78 is 0. The molecule has 5 heteroatoms. The summed E-state index contributed by atoms with van der Waals surface area (Å²) in [5.74, 6) is 1.30. The van der Waals surface area contributed by atoms with Crippen LogP contribution in [0.4, 0.5) is 4.79 Å². The van der Waals surface area contributed by atoms with Gasteiger partial charge < -0.3 is 4.90 Å². The Morgan fingerprint density at radius 1 is 1.00 bits per heavy atom. The van der Waals surface area contributed by atoms with Gasteiger partial charge >= 0.3 is 6.03 Å². The Morgan fingerprint density at radius 2 is 1.75 bits per heavy atom. The van der Waals surface area contributed by atoms with Gasteiger partial charge in [0.25, 0.3) is 5.91 Å². The van der Waals surface area contributed by atoms with Gasteiger partial charge in [-0.2, -0.15) is 0 Å². The smallest absolute Gasteiger partial charge is 0.310 e. The number of urea groups is 1. The van der Waals surface area contributed by atoms with Gasteiger partial charge in [-0.25, -0.2) is 4.79 Å². The number of nitrogens with zero attached hydrogens (tertiary/aromatic N) is 2. The number of nitrogens with one attached hydrogen (secondary N) is 1. The van der Waals surface area contributed by atoms with Crippen LogP contribution in [0.1, 0.15) is 37.2 Å². The molecule has 1 saturated carbocycles. The van der Waals surface area contributed by atoms with Gasteiger partial charge in [-0.3, -0.25) is 15.0 Å². The number of hydrogen-bond donors (Lipinski definition) is 1. The van der Waals surface area contributed by atoms with Crippen molar-refractivity contribution in [1.29, 1.82) is 0 Å². The molecular formula is C19H25N3O2. The summed E-state index contributed by atoms with van der Waals surface area (Å²) in [5, 5.41) is 2.43. The van der Waals surface area contributed by atoms with Crippen molar-refractivity contribution in [3.05, 3.63) is 35.9 Å². The Kier molecular flexibility index (Phi) is 4.27. The standard InChI is InChI=1S/C19H25N3O2/c23-18-17-13-21(10-11-22(17)19(24)20-18)12-14-6-8-16(9-7-14)15-4-2-1-3-5-15/h1-5,14,16-17H,6-13H2,(H,20,23,24). The SMILES string of the molecule is O=C1NC(=O)N2CCN(CC3CCC(c4ccccc4)CC3)CC12. The second-order valence-electron chi connectivity index (χ2n) is 7.39. The minimum absolute atomic E-state index is 0.127. The first-order chi connectivity index (χ1) is 11.7. The second kappa shape index (κ2) is 6.55. The van der Waals surface area contributed by atoms with Crippen LogP contribution >= 0.6 is 0 Å². The third-order valence-electron chi connectivity index (χ3n) is 5.89. The first-order valence-electron chi connectivity index (χ1n) is 9.09. The number of hydrogen-bond acceptors (Lipinski definition) is 3. The summed E-state index contributed by atoms with van der Waals surface area (Å²) in [4.78, 5) is 27.6. The van der Waals surface area contributed by atoms with Gasteiger partial charge in [0.1, 0.15) is 6.04 Å². The number of benzene rings is 1. The quantitative estimate of drug-likeness (QED) is 0.866. The Labute approximate surface area is 143 Å². The Bertz CT molecular complexity index is 610. The zero-order valence-corrected chi connectivity index (χ0v) is 14.0.